The third kappa shape index (κ3) is 2.09. The molecular formula is C12H12O. The normalized spacial score (nSPS) is 12.9. The number of hydrogen-bond donors (Lipinski definition) is 1. The van der Waals surface area contributed by atoms with E-state index in [1.165, 1.54) is 0 Å². The number of phenolic OH excluding ortho intramolecular Hbond substituents is 1. The lowest BCUT2D eigenvalue weighted by atomic mass is 10.2. The van der Waals surface area contributed by atoms with Crippen molar-refractivity contribution in [2.45, 2.75) is 0 Å². The monoisotopic (exact) mass is 172 g/mol. The van der Waals surface area contributed by atoms with E-state index < -0.39 is 0 Å². The summed E-state index contributed by atoms with van der Waals surface area (Å²) in [4.78, 5) is 0. The lowest BCUT2D eigenvalue weighted by Crippen LogP contribution is -2.23. The highest BCUT2D eigenvalue weighted by Gasteiger charge is 1.89. The second-order valence-corrected chi connectivity index (χ2v) is 2.58. The Bertz CT molecular complexity index is 427. The van der Waals surface area contributed by atoms with Crippen LogP contribution in [0.5, 0.6) is 5.75 Å². The average molecular weight is 172 g/mol. The van der Waals surface area contributed by atoms with Crippen molar-refractivity contribution in [3.63, 3.8) is 0 Å². The zero-order valence-corrected chi connectivity index (χ0v) is 7.40. The molecule has 1 nitrogen and oxygen atoms in total. The van der Waals surface area contributed by atoms with Crippen molar-refractivity contribution in [1.82, 2.24) is 0 Å². The molecule has 1 aromatic rings. The summed E-state index contributed by atoms with van der Waals surface area (Å²) >= 11 is 0. The Labute approximate surface area is 77.7 Å². The number of phenols is 1. The molecule has 0 radical (unpaired) electrons. The van der Waals surface area contributed by atoms with Crippen molar-refractivity contribution in [1.29, 1.82) is 0 Å². The first kappa shape index (κ1) is 9.33. The van der Waals surface area contributed by atoms with Crippen molar-refractivity contribution in [2.24, 2.45) is 0 Å². The Balaban J connectivity index is 3.62. The maximum Gasteiger partial charge on any atom is 0.123 e. The fraction of sp³-hybridized carbons (Fsp3) is 0. The Hall–Kier alpha value is -1.76. The molecular weight excluding hydrogens is 160 g/mol. The van der Waals surface area contributed by atoms with Crippen molar-refractivity contribution in [3.05, 3.63) is 53.9 Å². The first-order chi connectivity index (χ1) is 6.29. The van der Waals surface area contributed by atoms with Crippen molar-refractivity contribution in [3.8, 4) is 5.75 Å². The van der Waals surface area contributed by atoms with Crippen LogP contribution >= 0.6 is 0 Å². The predicted molar refractivity (Wildman–Crippen MR) is 56.7 cm³/mol. The molecule has 1 rings (SSSR count). The Morgan fingerprint density at radius 1 is 1.08 bits per heavy atom. The van der Waals surface area contributed by atoms with Gasteiger partial charge in [0.25, 0.3) is 0 Å². The minimum Gasteiger partial charge on any atom is -0.507 e. The van der Waals surface area contributed by atoms with Crippen LogP contribution in [0.1, 0.15) is 0 Å². The summed E-state index contributed by atoms with van der Waals surface area (Å²) in [5, 5.41) is 11.2. The summed E-state index contributed by atoms with van der Waals surface area (Å²) in [6.45, 7) is 7.20. The average Bonchev–Trinajstić information content (AvgIpc) is 2.11. The van der Waals surface area contributed by atoms with Crippen molar-refractivity contribution < 1.29 is 5.11 Å². The van der Waals surface area contributed by atoms with Crippen molar-refractivity contribution in [2.75, 3.05) is 0 Å². The minimum atomic E-state index is 0.260. The standard InChI is InChI=1S/C12H12O/c1-3-6-10-8-5-9-12(13)11(10)7-4-2/h3-9,13H,1-2H2/b10-6-,11-7+. The van der Waals surface area contributed by atoms with Gasteiger partial charge < -0.3 is 5.11 Å². The van der Waals surface area contributed by atoms with Gasteiger partial charge in [-0.15, -0.1) is 0 Å². The maximum absolute atomic E-state index is 9.52. The third-order valence-electron chi connectivity index (χ3n) is 1.70. The highest BCUT2D eigenvalue weighted by atomic mass is 16.3. The highest BCUT2D eigenvalue weighted by molar-refractivity contribution is 5.46. The Kier molecular flexibility index (Phi) is 3.09. The SMILES string of the molecule is C=C/C=c1/cccc(O)/c1=C/C=C. The molecule has 0 aliphatic rings. The molecule has 0 unspecified atom stereocenters. The van der Waals surface area contributed by atoms with Crippen LogP contribution in [0.25, 0.3) is 12.2 Å². The summed E-state index contributed by atoms with van der Waals surface area (Å²) in [7, 11) is 0. The van der Waals surface area contributed by atoms with E-state index in [1.807, 2.05) is 12.1 Å². The predicted octanol–water partition coefficient (Wildman–Crippen LogP) is 1.33. The lowest BCUT2D eigenvalue weighted by molar-refractivity contribution is 0.470. The molecule has 0 amide bonds. The van der Waals surface area contributed by atoms with Gasteiger partial charge >= 0.3 is 0 Å². The second kappa shape index (κ2) is 4.31. The number of hydrogen-bond acceptors (Lipinski definition) is 1. The van der Waals surface area contributed by atoms with Gasteiger partial charge in [0.1, 0.15) is 5.75 Å². The Morgan fingerprint density at radius 3 is 2.38 bits per heavy atom. The maximum atomic E-state index is 9.52. The summed E-state index contributed by atoms with van der Waals surface area (Å²) in [5.41, 5.74) is 0. The van der Waals surface area contributed by atoms with Gasteiger partial charge in [0.2, 0.25) is 0 Å². The number of rotatable bonds is 2. The van der Waals surface area contributed by atoms with E-state index in [0.717, 1.165) is 10.4 Å². The summed E-state index contributed by atoms with van der Waals surface area (Å²) in [6.07, 6.45) is 6.95. The molecule has 0 heterocycles. The van der Waals surface area contributed by atoms with E-state index in [-0.39, 0.29) is 5.75 Å². The molecule has 0 fully saturated rings. The van der Waals surface area contributed by atoms with Crippen LogP contribution in [0.3, 0.4) is 0 Å². The molecule has 0 aliphatic carbocycles. The van der Waals surface area contributed by atoms with Crippen LogP contribution in [-0.2, 0) is 0 Å². The summed E-state index contributed by atoms with van der Waals surface area (Å²) < 4.78 is 0. The van der Waals surface area contributed by atoms with E-state index >= 15 is 0 Å². The molecule has 0 aliphatic heterocycles. The number of allylic oxidation sites excluding steroid dienone is 2. The molecule has 1 aromatic carbocycles. The zero-order valence-electron chi connectivity index (χ0n) is 7.40. The van der Waals surface area contributed by atoms with Gasteiger partial charge in [-0.2, -0.15) is 0 Å². The molecule has 0 bridgehead atoms. The van der Waals surface area contributed by atoms with Crippen LogP contribution in [-0.4, -0.2) is 5.11 Å². The van der Waals surface area contributed by atoms with Crippen LogP contribution < -0.4 is 10.4 Å². The van der Waals surface area contributed by atoms with Crippen LogP contribution in [0.2, 0.25) is 0 Å². The van der Waals surface area contributed by atoms with Gasteiger partial charge in [-0.3, -0.25) is 0 Å². The van der Waals surface area contributed by atoms with Crippen LogP contribution in [0.15, 0.2) is 43.5 Å². The van der Waals surface area contributed by atoms with Gasteiger partial charge in [-0.05, 0) is 11.3 Å². The van der Waals surface area contributed by atoms with E-state index in [4.69, 9.17) is 0 Å². The van der Waals surface area contributed by atoms with Gasteiger partial charge in [-0.25, -0.2) is 0 Å². The highest BCUT2D eigenvalue weighted by Crippen LogP contribution is 1.94. The number of benzene rings is 1. The van der Waals surface area contributed by atoms with E-state index in [1.54, 1.807) is 30.4 Å². The second-order valence-electron chi connectivity index (χ2n) is 2.58. The van der Waals surface area contributed by atoms with Crippen molar-refractivity contribution >= 4 is 12.2 Å². The van der Waals surface area contributed by atoms with Crippen LogP contribution in [0, 0.1) is 0 Å². The molecule has 1 N–H and O–H groups in total. The topological polar surface area (TPSA) is 20.2 Å². The lowest BCUT2D eigenvalue weighted by Gasteiger charge is -1.93. The summed E-state index contributed by atoms with van der Waals surface area (Å²) in [6, 6.07) is 5.36. The van der Waals surface area contributed by atoms with Gasteiger partial charge in [0.05, 0.1) is 0 Å². The first-order valence-electron chi connectivity index (χ1n) is 4.03. The van der Waals surface area contributed by atoms with Gasteiger partial charge in [-0.1, -0.05) is 49.6 Å². The third-order valence-corrected chi connectivity index (χ3v) is 1.70. The minimum absolute atomic E-state index is 0.260. The molecule has 1 heteroatoms. The van der Waals surface area contributed by atoms with Crippen LogP contribution in [0.4, 0.5) is 0 Å². The van der Waals surface area contributed by atoms with Gasteiger partial charge in [0.15, 0.2) is 0 Å². The van der Waals surface area contributed by atoms with Gasteiger partial charge in [0, 0.05) is 5.22 Å². The molecule has 13 heavy (non-hydrogen) atoms. The molecule has 0 saturated heterocycles. The van der Waals surface area contributed by atoms with E-state index in [9.17, 15) is 5.11 Å². The van der Waals surface area contributed by atoms with E-state index in [0.29, 0.717) is 0 Å². The fourth-order valence-electron chi connectivity index (χ4n) is 1.14. The summed E-state index contributed by atoms with van der Waals surface area (Å²) in [5.74, 6) is 0.260. The molecule has 0 atom stereocenters. The van der Waals surface area contributed by atoms with E-state index in [2.05, 4.69) is 13.2 Å². The quantitative estimate of drug-likeness (QED) is 0.713. The smallest absolute Gasteiger partial charge is 0.123 e. The molecule has 0 saturated carbocycles. The first-order valence-corrected chi connectivity index (χ1v) is 4.03. The molecule has 0 spiro atoms. The zero-order chi connectivity index (χ0) is 9.68. The fourth-order valence-corrected chi connectivity index (χ4v) is 1.14. The molecule has 66 valence electrons. The Morgan fingerprint density at radius 2 is 1.77 bits per heavy atom. The molecule has 0 aromatic heterocycles. The number of aromatic hydroxyl groups is 1. The largest absolute Gasteiger partial charge is 0.507 e.